The summed E-state index contributed by atoms with van der Waals surface area (Å²) >= 11 is 7.64. The second-order valence-electron chi connectivity index (χ2n) is 9.22. The van der Waals surface area contributed by atoms with E-state index in [9.17, 15) is 0 Å². The van der Waals surface area contributed by atoms with Crippen molar-refractivity contribution in [2.45, 2.75) is 19.3 Å². The molecule has 35 heavy (non-hydrogen) atoms. The van der Waals surface area contributed by atoms with Crippen LogP contribution in [-0.4, -0.2) is 9.97 Å². The monoisotopic (exact) mass is 582 g/mol. The molecule has 0 fully saturated rings. The summed E-state index contributed by atoms with van der Waals surface area (Å²) in [6.07, 6.45) is 0. The fraction of sp³-hybridized carbons (Fsp3) is 0.103. The molecule has 1 spiro atoms. The molecule has 0 unspecified atom stereocenters. The van der Waals surface area contributed by atoms with Crippen LogP contribution in [0.5, 0.6) is 0 Å². The van der Waals surface area contributed by atoms with Gasteiger partial charge in [0.05, 0.1) is 5.41 Å². The molecule has 4 aromatic carbocycles. The van der Waals surface area contributed by atoms with Gasteiger partial charge in [0.2, 0.25) is 0 Å². The minimum Gasteiger partial charge on any atom is -0.440 e. The first kappa shape index (κ1) is 20.0. The first-order chi connectivity index (χ1) is 17.0. The highest BCUT2D eigenvalue weighted by atomic mass is 79.9. The second-order valence-corrected chi connectivity index (χ2v) is 10.9. The van der Waals surface area contributed by atoms with Crippen LogP contribution in [0.25, 0.3) is 44.5 Å². The molecule has 0 radical (unpaired) electrons. The van der Waals surface area contributed by atoms with Crippen molar-refractivity contribution >= 4 is 54.1 Å². The quantitative estimate of drug-likeness (QED) is 0.180. The number of aromatic nitrogens is 2. The Morgan fingerprint density at radius 1 is 0.629 bits per heavy atom. The number of halogens is 2. The van der Waals surface area contributed by atoms with Gasteiger partial charge in [0.15, 0.2) is 22.9 Å². The third kappa shape index (κ3) is 2.24. The summed E-state index contributed by atoms with van der Waals surface area (Å²) in [5.74, 6) is 1.26. The lowest BCUT2D eigenvalue weighted by molar-refractivity contribution is 0.558. The minimum atomic E-state index is -0.521. The number of benzene rings is 4. The molecule has 2 aromatic heterocycles. The Hall–Kier alpha value is -3.22. The van der Waals surface area contributed by atoms with Crippen LogP contribution in [-0.2, 0) is 5.41 Å². The average Bonchev–Trinajstić information content (AvgIpc) is 3.57. The number of fused-ring (bicyclic) bond motifs is 14. The van der Waals surface area contributed by atoms with Crippen molar-refractivity contribution in [3.8, 4) is 22.3 Å². The molecule has 0 saturated heterocycles. The van der Waals surface area contributed by atoms with E-state index < -0.39 is 5.41 Å². The van der Waals surface area contributed by atoms with Crippen LogP contribution in [0.2, 0.25) is 0 Å². The van der Waals surface area contributed by atoms with Crippen molar-refractivity contribution in [1.82, 2.24) is 9.97 Å². The van der Waals surface area contributed by atoms with Crippen LogP contribution >= 0.6 is 31.9 Å². The Kier molecular flexibility index (Phi) is 3.72. The van der Waals surface area contributed by atoms with Gasteiger partial charge in [-0.25, -0.2) is 9.97 Å². The molecule has 6 heteroatoms. The topological polar surface area (TPSA) is 52.1 Å². The lowest BCUT2D eigenvalue weighted by Crippen LogP contribution is -2.26. The highest BCUT2D eigenvalue weighted by Gasteiger charge is 2.54. The fourth-order valence-corrected chi connectivity index (χ4v) is 7.34. The molecule has 0 bridgehead atoms. The highest BCUT2D eigenvalue weighted by Crippen LogP contribution is 2.65. The second kappa shape index (κ2) is 6.50. The normalized spacial score (nSPS) is 14.5. The number of aryl methyl sites for hydroxylation is 2. The molecule has 2 aliphatic rings. The van der Waals surface area contributed by atoms with E-state index in [0.717, 1.165) is 53.4 Å². The summed E-state index contributed by atoms with van der Waals surface area (Å²) in [7, 11) is 0. The molecule has 0 N–H and O–H groups in total. The van der Waals surface area contributed by atoms with Gasteiger partial charge in [0.1, 0.15) is 11.0 Å². The zero-order chi connectivity index (χ0) is 23.6. The minimum absolute atomic E-state index is 0.521. The Bertz CT molecular complexity index is 1770. The molecule has 0 atom stereocenters. The van der Waals surface area contributed by atoms with Gasteiger partial charge in [0, 0.05) is 33.9 Å². The summed E-state index contributed by atoms with van der Waals surface area (Å²) in [5.41, 5.74) is 12.0. The van der Waals surface area contributed by atoms with Crippen LogP contribution in [0.1, 0.15) is 34.0 Å². The Labute approximate surface area is 217 Å². The molecule has 0 saturated carbocycles. The predicted molar refractivity (Wildman–Crippen MR) is 143 cm³/mol. The maximum Gasteiger partial charge on any atom is 0.192 e. The average molecular weight is 584 g/mol. The van der Waals surface area contributed by atoms with Crippen molar-refractivity contribution < 1.29 is 8.83 Å². The molecule has 0 amide bonds. The summed E-state index contributed by atoms with van der Waals surface area (Å²) in [5, 5.41) is 0. The predicted octanol–water partition coefficient (Wildman–Crippen LogP) is 8.45. The third-order valence-electron chi connectivity index (χ3n) is 7.47. The standard InChI is InChI=1S/C29H16Br2N2O2/c1-13-32-25-21(30)11-19-23(27(25)34-13)24-20(12-22(31)26-28(24)35-14(2)33-26)29(19)17-9-5-3-7-15(17)16-8-4-6-10-18(16)29/h3-12H,1-2H3. The van der Waals surface area contributed by atoms with Crippen molar-refractivity contribution in [2.24, 2.45) is 0 Å². The van der Waals surface area contributed by atoms with Gasteiger partial charge < -0.3 is 8.83 Å². The smallest absolute Gasteiger partial charge is 0.192 e. The first-order valence-electron chi connectivity index (χ1n) is 11.4. The summed E-state index contributed by atoms with van der Waals surface area (Å²) in [6.45, 7) is 3.78. The van der Waals surface area contributed by atoms with Crippen molar-refractivity contribution in [2.75, 3.05) is 0 Å². The van der Waals surface area contributed by atoms with Gasteiger partial charge in [-0.3, -0.25) is 0 Å². The molecule has 4 nitrogen and oxygen atoms in total. The van der Waals surface area contributed by atoms with Crippen molar-refractivity contribution in [3.05, 3.63) is 104 Å². The zero-order valence-electron chi connectivity index (χ0n) is 18.7. The molecule has 2 aliphatic carbocycles. The van der Waals surface area contributed by atoms with Gasteiger partial charge in [-0.15, -0.1) is 0 Å². The maximum absolute atomic E-state index is 6.30. The van der Waals surface area contributed by atoms with E-state index >= 15 is 0 Å². The number of nitrogens with zero attached hydrogens (tertiary/aromatic N) is 2. The fourth-order valence-electron chi connectivity index (χ4n) is 6.34. The van der Waals surface area contributed by atoms with Gasteiger partial charge >= 0.3 is 0 Å². The number of hydrogen-bond acceptors (Lipinski definition) is 4. The highest BCUT2D eigenvalue weighted by molar-refractivity contribution is 9.11. The summed E-state index contributed by atoms with van der Waals surface area (Å²) < 4.78 is 14.4. The Morgan fingerprint density at radius 3 is 1.51 bits per heavy atom. The Morgan fingerprint density at radius 2 is 1.06 bits per heavy atom. The Balaban J connectivity index is 1.70. The van der Waals surface area contributed by atoms with Crippen LogP contribution < -0.4 is 0 Å². The van der Waals surface area contributed by atoms with E-state index in [0.29, 0.717) is 11.8 Å². The molecule has 6 aromatic rings. The van der Waals surface area contributed by atoms with Crippen LogP contribution in [0.15, 0.2) is 78.4 Å². The number of hydrogen-bond donors (Lipinski definition) is 0. The molecular weight excluding hydrogens is 568 g/mol. The van der Waals surface area contributed by atoms with Gasteiger partial charge in [-0.2, -0.15) is 0 Å². The zero-order valence-corrected chi connectivity index (χ0v) is 21.9. The van der Waals surface area contributed by atoms with E-state index in [4.69, 9.17) is 18.8 Å². The van der Waals surface area contributed by atoms with E-state index in [1.165, 1.54) is 22.3 Å². The van der Waals surface area contributed by atoms with E-state index in [-0.39, 0.29) is 0 Å². The lowest BCUT2D eigenvalue weighted by atomic mass is 9.70. The van der Waals surface area contributed by atoms with Crippen LogP contribution in [0, 0.1) is 13.8 Å². The van der Waals surface area contributed by atoms with Gasteiger partial charge in [-0.05, 0) is 77.4 Å². The molecular formula is C29H16Br2N2O2. The largest absolute Gasteiger partial charge is 0.440 e. The lowest BCUT2D eigenvalue weighted by Gasteiger charge is -2.30. The molecule has 2 heterocycles. The van der Waals surface area contributed by atoms with E-state index in [1.807, 2.05) is 13.8 Å². The maximum atomic E-state index is 6.30. The summed E-state index contributed by atoms with van der Waals surface area (Å²) in [6, 6.07) is 21.9. The molecule has 0 aliphatic heterocycles. The first-order valence-corrected chi connectivity index (χ1v) is 13.0. The third-order valence-corrected chi connectivity index (χ3v) is 8.67. The van der Waals surface area contributed by atoms with E-state index in [1.54, 1.807) is 0 Å². The van der Waals surface area contributed by atoms with Crippen molar-refractivity contribution in [1.29, 1.82) is 0 Å². The summed E-state index contributed by atoms with van der Waals surface area (Å²) in [4.78, 5) is 9.40. The number of oxazole rings is 2. The SMILES string of the molecule is Cc1nc2c(Br)cc3c(c2o1)-c1c(cc(Br)c2nc(C)oc12)C31c2ccccc2-c2ccccc21. The number of rotatable bonds is 0. The van der Waals surface area contributed by atoms with Gasteiger partial charge in [0.25, 0.3) is 0 Å². The molecule has 168 valence electrons. The van der Waals surface area contributed by atoms with Crippen molar-refractivity contribution in [3.63, 3.8) is 0 Å². The van der Waals surface area contributed by atoms with Gasteiger partial charge in [-0.1, -0.05) is 48.5 Å². The van der Waals surface area contributed by atoms with Crippen LogP contribution in [0.3, 0.4) is 0 Å². The van der Waals surface area contributed by atoms with Crippen LogP contribution in [0.4, 0.5) is 0 Å². The molecule has 8 rings (SSSR count). The van der Waals surface area contributed by atoms with E-state index in [2.05, 4.69) is 92.5 Å².